The molecule has 0 radical (unpaired) electrons. The summed E-state index contributed by atoms with van der Waals surface area (Å²) in [6.07, 6.45) is 18.8. The van der Waals surface area contributed by atoms with Crippen LogP contribution in [-0.4, -0.2) is 22.2 Å². The Labute approximate surface area is 283 Å². The molecule has 0 unspecified atom stereocenters. The molecular formula is C44H48O4. The number of carbonyl (C=O) groups is 2. The summed E-state index contributed by atoms with van der Waals surface area (Å²) in [4.78, 5) is 26.5. The number of fused-ring (bicyclic) bond motifs is 8. The molecule has 0 saturated heterocycles. The standard InChI is InChI=1S/C44H48O4/c1-3-13-41-15-21-43(22-16-41,23-17-41)37-35-32-12-11-30(39(45)46)29-9-5-7-27(33(29)32)28-8-6-10-31(34(28)35)36(40(47)48)38(37)44-24-18-42(14-4-2,19-25-44)20-26-44/h5-12H,3-4,13-26H2,1-2H3,(H,45,46)(H,47,48). The van der Waals surface area contributed by atoms with Crippen LogP contribution in [0.3, 0.4) is 0 Å². The van der Waals surface area contributed by atoms with Gasteiger partial charge in [0.15, 0.2) is 0 Å². The molecule has 5 aromatic carbocycles. The summed E-state index contributed by atoms with van der Waals surface area (Å²) in [5, 5.41) is 29.8. The normalized spacial score (nSPS) is 29.9. The maximum atomic E-state index is 13.9. The average molecular weight is 641 g/mol. The SMILES string of the molecule is CCCC12CCC(c3c(C(=O)O)c4cccc5c6cccc7c(C(=O)O)ccc(c(c3C38CCC(CCC)(CC3)CC8)c45)c76)(CC1)CC2. The summed E-state index contributed by atoms with van der Waals surface area (Å²) in [7, 11) is 0. The van der Waals surface area contributed by atoms with Gasteiger partial charge in [0.25, 0.3) is 0 Å². The first-order chi connectivity index (χ1) is 23.2. The molecule has 4 bridgehead atoms. The molecule has 4 nitrogen and oxygen atoms in total. The van der Waals surface area contributed by atoms with Gasteiger partial charge in [0.05, 0.1) is 11.1 Å². The first kappa shape index (κ1) is 30.4. The molecule has 0 spiro atoms. The zero-order valence-corrected chi connectivity index (χ0v) is 28.6. The Morgan fingerprint density at radius 2 is 1.00 bits per heavy atom. The van der Waals surface area contributed by atoms with Gasteiger partial charge in [-0.15, -0.1) is 0 Å². The van der Waals surface area contributed by atoms with Crippen LogP contribution >= 0.6 is 0 Å². The van der Waals surface area contributed by atoms with Crippen molar-refractivity contribution in [2.75, 3.05) is 0 Å². The highest BCUT2D eigenvalue weighted by molar-refractivity contribution is 6.36. The molecule has 6 aliphatic carbocycles. The maximum Gasteiger partial charge on any atom is 0.336 e. The van der Waals surface area contributed by atoms with E-state index in [1.165, 1.54) is 80.7 Å². The van der Waals surface area contributed by atoms with Crippen LogP contribution < -0.4 is 0 Å². The number of aromatic carboxylic acids is 2. The van der Waals surface area contributed by atoms with E-state index in [1.807, 2.05) is 24.3 Å². The van der Waals surface area contributed by atoms with E-state index in [0.29, 0.717) is 22.0 Å². The van der Waals surface area contributed by atoms with Crippen LogP contribution in [0, 0.1) is 10.8 Å². The number of carboxylic acid groups (broad SMARTS) is 2. The van der Waals surface area contributed by atoms with Gasteiger partial charge in [-0.05, 0) is 172 Å². The number of hydrogen-bond acceptors (Lipinski definition) is 2. The summed E-state index contributed by atoms with van der Waals surface area (Å²) in [5.41, 5.74) is 4.08. The van der Waals surface area contributed by atoms with E-state index >= 15 is 0 Å². The van der Waals surface area contributed by atoms with Crippen LogP contribution in [0.1, 0.15) is 148 Å². The van der Waals surface area contributed by atoms with E-state index in [4.69, 9.17) is 0 Å². The number of carboxylic acids is 2. The monoisotopic (exact) mass is 640 g/mol. The van der Waals surface area contributed by atoms with Gasteiger partial charge in [-0.1, -0.05) is 69.2 Å². The van der Waals surface area contributed by atoms with Crippen molar-refractivity contribution in [2.24, 2.45) is 10.8 Å². The fourth-order valence-corrected chi connectivity index (χ4v) is 12.4. The predicted octanol–water partition coefficient (Wildman–Crippen LogP) is 11.9. The average Bonchev–Trinajstić information content (AvgIpc) is 3.11. The second kappa shape index (κ2) is 10.4. The molecule has 0 aromatic heterocycles. The minimum Gasteiger partial charge on any atom is -0.478 e. The molecular weight excluding hydrogens is 592 g/mol. The van der Waals surface area contributed by atoms with Gasteiger partial charge in [-0.2, -0.15) is 0 Å². The molecule has 0 heterocycles. The predicted molar refractivity (Wildman–Crippen MR) is 195 cm³/mol. The Morgan fingerprint density at radius 3 is 1.50 bits per heavy atom. The van der Waals surface area contributed by atoms with Gasteiger partial charge in [0.2, 0.25) is 0 Å². The molecule has 6 saturated carbocycles. The molecule has 0 amide bonds. The van der Waals surface area contributed by atoms with Crippen LogP contribution in [0.4, 0.5) is 0 Å². The number of rotatable bonds is 8. The van der Waals surface area contributed by atoms with E-state index in [2.05, 4.69) is 38.1 Å². The van der Waals surface area contributed by atoms with Crippen molar-refractivity contribution in [2.45, 2.75) is 127 Å². The van der Waals surface area contributed by atoms with Gasteiger partial charge in [-0.3, -0.25) is 0 Å². The quantitative estimate of drug-likeness (QED) is 0.131. The van der Waals surface area contributed by atoms with Gasteiger partial charge >= 0.3 is 11.9 Å². The number of hydrogen-bond donors (Lipinski definition) is 2. The fraction of sp³-hybridized carbons (Fsp3) is 0.500. The lowest BCUT2D eigenvalue weighted by atomic mass is 9.46. The third-order valence-electron chi connectivity index (χ3n) is 14.8. The first-order valence-electron chi connectivity index (χ1n) is 18.9. The highest BCUT2D eigenvalue weighted by Crippen LogP contribution is 2.66. The van der Waals surface area contributed by atoms with Crippen molar-refractivity contribution < 1.29 is 19.8 Å². The first-order valence-corrected chi connectivity index (χ1v) is 18.9. The van der Waals surface area contributed by atoms with Crippen molar-refractivity contribution in [1.82, 2.24) is 0 Å². The van der Waals surface area contributed by atoms with Crippen molar-refractivity contribution in [1.29, 1.82) is 0 Å². The smallest absolute Gasteiger partial charge is 0.336 e. The van der Waals surface area contributed by atoms with E-state index in [0.717, 1.165) is 76.2 Å². The van der Waals surface area contributed by atoms with Crippen LogP contribution in [-0.2, 0) is 10.8 Å². The topological polar surface area (TPSA) is 74.6 Å². The molecule has 2 N–H and O–H groups in total. The van der Waals surface area contributed by atoms with Gasteiger partial charge in [0.1, 0.15) is 0 Å². The van der Waals surface area contributed by atoms with E-state index < -0.39 is 11.9 Å². The van der Waals surface area contributed by atoms with E-state index in [-0.39, 0.29) is 10.8 Å². The maximum absolute atomic E-state index is 13.9. The third kappa shape index (κ3) is 3.95. The second-order valence-corrected chi connectivity index (χ2v) is 16.8. The van der Waals surface area contributed by atoms with Gasteiger partial charge in [-0.25, -0.2) is 9.59 Å². The summed E-state index contributed by atoms with van der Waals surface area (Å²) < 4.78 is 0. The van der Waals surface area contributed by atoms with Crippen molar-refractivity contribution >= 4 is 55.0 Å². The van der Waals surface area contributed by atoms with Gasteiger partial charge in [0, 0.05) is 0 Å². The Balaban J connectivity index is 1.45. The van der Waals surface area contributed by atoms with Crippen LogP contribution in [0.5, 0.6) is 0 Å². The molecule has 6 aliphatic rings. The molecule has 4 heteroatoms. The second-order valence-electron chi connectivity index (χ2n) is 16.8. The molecule has 6 fully saturated rings. The lowest BCUT2D eigenvalue weighted by Crippen LogP contribution is -2.49. The van der Waals surface area contributed by atoms with Crippen molar-refractivity contribution in [3.8, 4) is 0 Å². The van der Waals surface area contributed by atoms with E-state index in [1.54, 1.807) is 0 Å². The summed E-state index contributed by atoms with van der Waals surface area (Å²) in [6.45, 7) is 4.64. The third-order valence-corrected chi connectivity index (χ3v) is 14.8. The Morgan fingerprint density at radius 1 is 0.521 bits per heavy atom. The molecule has 11 rings (SSSR count). The molecule has 0 aliphatic heterocycles. The summed E-state index contributed by atoms with van der Waals surface area (Å²) in [5.74, 6) is -1.69. The highest BCUT2D eigenvalue weighted by atomic mass is 16.4. The van der Waals surface area contributed by atoms with Gasteiger partial charge < -0.3 is 10.2 Å². The number of benzene rings is 5. The Kier molecular flexibility index (Phi) is 6.60. The minimum atomic E-state index is -0.908. The Hall–Kier alpha value is -3.66. The molecule has 48 heavy (non-hydrogen) atoms. The van der Waals surface area contributed by atoms with E-state index in [9.17, 15) is 19.8 Å². The lowest BCUT2D eigenvalue weighted by molar-refractivity contribution is 0.0201. The minimum absolute atomic E-state index is 0.0696. The van der Waals surface area contributed by atoms with Crippen LogP contribution in [0.2, 0.25) is 0 Å². The lowest BCUT2D eigenvalue weighted by Gasteiger charge is -2.58. The Bertz CT molecular complexity index is 2100. The summed E-state index contributed by atoms with van der Waals surface area (Å²) in [6, 6.07) is 16.2. The van der Waals surface area contributed by atoms with Crippen molar-refractivity contribution in [3.05, 3.63) is 70.8 Å². The zero-order valence-electron chi connectivity index (χ0n) is 28.6. The highest BCUT2D eigenvalue weighted by Gasteiger charge is 2.56. The summed E-state index contributed by atoms with van der Waals surface area (Å²) >= 11 is 0. The largest absolute Gasteiger partial charge is 0.478 e. The van der Waals surface area contributed by atoms with Crippen LogP contribution in [0.25, 0.3) is 43.1 Å². The molecule has 0 atom stereocenters. The molecule has 248 valence electrons. The zero-order chi connectivity index (χ0) is 33.1. The van der Waals surface area contributed by atoms with Crippen molar-refractivity contribution in [3.63, 3.8) is 0 Å². The molecule has 5 aromatic rings. The fourth-order valence-electron chi connectivity index (χ4n) is 12.4. The van der Waals surface area contributed by atoms with Crippen LogP contribution in [0.15, 0.2) is 48.5 Å².